The fourth-order valence-electron chi connectivity index (χ4n) is 2.49. The Bertz CT molecular complexity index is 1030. The average Bonchev–Trinajstić information content (AvgIpc) is 2.53. The van der Waals surface area contributed by atoms with Crippen LogP contribution in [0, 0.1) is 0 Å². The summed E-state index contributed by atoms with van der Waals surface area (Å²) in [5.41, 5.74) is -5.51. The minimum Gasteiger partial charge on any atom is -0.496 e. The van der Waals surface area contributed by atoms with E-state index in [1.165, 1.54) is 19.2 Å². The molecule has 0 atom stereocenters. The Morgan fingerprint density at radius 3 is 2.25 bits per heavy atom. The Kier molecular flexibility index (Phi) is 3.79. The van der Waals surface area contributed by atoms with Crippen molar-refractivity contribution >= 4 is 31.7 Å². The molecule has 0 radical (unpaired) electrons. The summed E-state index contributed by atoms with van der Waals surface area (Å²) in [6, 6.07) is 12.8. The van der Waals surface area contributed by atoms with E-state index in [2.05, 4.69) is 4.18 Å². The second kappa shape index (κ2) is 5.55. The molecule has 0 aromatic heterocycles. The smallest absolute Gasteiger partial charge is 0.496 e. The molecule has 0 saturated carbocycles. The molecule has 8 heteroatoms. The Morgan fingerprint density at radius 1 is 0.917 bits per heavy atom. The third kappa shape index (κ3) is 2.62. The van der Waals surface area contributed by atoms with Gasteiger partial charge in [0.1, 0.15) is 5.75 Å². The number of benzene rings is 3. The fourth-order valence-corrected chi connectivity index (χ4v) is 2.96. The second-order valence-electron chi connectivity index (χ2n) is 4.96. The molecule has 0 N–H and O–H groups in total. The van der Waals surface area contributed by atoms with Gasteiger partial charge in [0.25, 0.3) is 0 Å². The molecule has 0 saturated heterocycles. The van der Waals surface area contributed by atoms with Crippen LogP contribution < -0.4 is 8.92 Å². The number of hydrogen-bond acceptors (Lipinski definition) is 4. The lowest BCUT2D eigenvalue weighted by atomic mass is 10.0. The van der Waals surface area contributed by atoms with Crippen molar-refractivity contribution in [2.45, 2.75) is 5.51 Å². The molecule has 4 nitrogen and oxygen atoms in total. The SMILES string of the molecule is COc1cccc2c(OS(=O)(=O)C(F)(F)F)cc3ccccc3c12. The molecule has 0 bridgehead atoms. The van der Waals surface area contributed by atoms with E-state index < -0.39 is 21.4 Å². The summed E-state index contributed by atoms with van der Waals surface area (Å²) in [5, 5.41) is 1.93. The van der Waals surface area contributed by atoms with Crippen molar-refractivity contribution in [2.75, 3.05) is 7.11 Å². The first-order valence-corrected chi connectivity index (χ1v) is 8.14. The molecular formula is C16H11F3O4S. The Balaban J connectivity index is 2.36. The van der Waals surface area contributed by atoms with Gasteiger partial charge in [0, 0.05) is 10.8 Å². The monoisotopic (exact) mass is 356 g/mol. The van der Waals surface area contributed by atoms with Crippen LogP contribution in [0.1, 0.15) is 0 Å². The van der Waals surface area contributed by atoms with Gasteiger partial charge in [-0.3, -0.25) is 0 Å². The maximum atomic E-state index is 12.6. The number of halogens is 3. The van der Waals surface area contributed by atoms with Gasteiger partial charge in [-0.15, -0.1) is 0 Å². The first-order chi connectivity index (χ1) is 11.2. The highest BCUT2D eigenvalue weighted by Crippen LogP contribution is 2.40. The number of ether oxygens (including phenoxy) is 1. The zero-order valence-electron chi connectivity index (χ0n) is 12.3. The molecule has 0 aliphatic rings. The van der Waals surface area contributed by atoms with Crippen molar-refractivity contribution in [3.8, 4) is 11.5 Å². The lowest BCUT2D eigenvalue weighted by molar-refractivity contribution is -0.0499. The first kappa shape index (κ1) is 16.4. The van der Waals surface area contributed by atoms with E-state index in [9.17, 15) is 21.6 Å². The molecule has 24 heavy (non-hydrogen) atoms. The van der Waals surface area contributed by atoms with Gasteiger partial charge >= 0.3 is 15.6 Å². The Hall–Kier alpha value is -2.48. The normalized spacial score (nSPS) is 12.5. The highest BCUT2D eigenvalue weighted by molar-refractivity contribution is 7.88. The second-order valence-corrected chi connectivity index (χ2v) is 6.50. The molecule has 0 aliphatic carbocycles. The Morgan fingerprint density at radius 2 is 1.58 bits per heavy atom. The highest BCUT2D eigenvalue weighted by Gasteiger charge is 2.48. The lowest BCUT2D eigenvalue weighted by Gasteiger charge is -2.15. The number of rotatable bonds is 3. The van der Waals surface area contributed by atoms with Crippen LogP contribution >= 0.6 is 0 Å². The van der Waals surface area contributed by atoms with E-state index in [4.69, 9.17) is 4.74 Å². The lowest BCUT2D eigenvalue weighted by Crippen LogP contribution is -2.28. The molecule has 0 heterocycles. The molecule has 126 valence electrons. The maximum Gasteiger partial charge on any atom is 0.534 e. The van der Waals surface area contributed by atoms with Crippen molar-refractivity contribution < 1.29 is 30.5 Å². The average molecular weight is 356 g/mol. The van der Waals surface area contributed by atoms with Crippen LogP contribution in [0.5, 0.6) is 11.5 Å². The van der Waals surface area contributed by atoms with Crippen LogP contribution in [0.3, 0.4) is 0 Å². The minimum atomic E-state index is -5.77. The zero-order chi connectivity index (χ0) is 17.5. The number of fused-ring (bicyclic) bond motifs is 3. The van der Waals surface area contributed by atoms with Gasteiger partial charge in [-0.05, 0) is 22.9 Å². The quantitative estimate of drug-likeness (QED) is 0.400. The van der Waals surface area contributed by atoms with Crippen molar-refractivity contribution in [2.24, 2.45) is 0 Å². The van der Waals surface area contributed by atoms with E-state index in [0.717, 1.165) is 0 Å². The summed E-state index contributed by atoms with van der Waals surface area (Å²) in [6.07, 6.45) is 0. The third-order valence-electron chi connectivity index (χ3n) is 3.51. The maximum absolute atomic E-state index is 12.6. The summed E-state index contributed by atoms with van der Waals surface area (Å²) in [6.45, 7) is 0. The fraction of sp³-hybridized carbons (Fsp3) is 0.125. The predicted molar refractivity (Wildman–Crippen MR) is 83.6 cm³/mol. The molecule has 0 spiro atoms. The van der Waals surface area contributed by atoms with Crippen LogP contribution in [0.2, 0.25) is 0 Å². The van der Waals surface area contributed by atoms with Gasteiger partial charge in [0.05, 0.1) is 7.11 Å². The molecule has 0 fully saturated rings. The van der Waals surface area contributed by atoms with E-state index in [1.807, 2.05) is 0 Å². The van der Waals surface area contributed by atoms with Crippen molar-refractivity contribution in [1.82, 2.24) is 0 Å². The minimum absolute atomic E-state index is 0.209. The Labute approximate surface area is 135 Å². The largest absolute Gasteiger partial charge is 0.534 e. The highest BCUT2D eigenvalue weighted by atomic mass is 32.2. The van der Waals surface area contributed by atoms with Crippen molar-refractivity contribution in [3.63, 3.8) is 0 Å². The van der Waals surface area contributed by atoms with Gasteiger partial charge < -0.3 is 8.92 Å². The molecule has 0 aliphatic heterocycles. The van der Waals surface area contributed by atoms with Crippen molar-refractivity contribution in [1.29, 1.82) is 0 Å². The molecule has 3 rings (SSSR count). The number of alkyl halides is 3. The van der Waals surface area contributed by atoms with Gasteiger partial charge in [-0.1, -0.05) is 36.4 Å². The van der Waals surface area contributed by atoms with Gasteiger partial charge in [-0.2, -0.15) is 21.6 Å². The van der Waals surface area contributed by atoms with Gasteiger partial charge in [0.2, 0.25) is 0 Å². The van der Waals surface area contributed by atoms with Crippen molar-refractivity contribution in [3.05, 3.63) is 48.5 Å². The van der Waals surface area contributed by atoms with E-state index in [-0.39, 0.29) is 5.39 Å². The summed E-state index contributed by atoms with van der Waals surface area (Å²) < 4.78 is 70.3. The molecule has 3 aromatic carbocycles. The van der Waals surface area contributed by atoms with Gasteiger partial charge in [-0.25, -0.2) is 0 Å². The molecule has 0 amide bonds. The summed E-state index contributed by atoms with van der Waals surface area (Å²) in [4.78, 5) is 0. The molecule has 0 unspecified atom stereocenters. The summed E-state index contributed by atoms with van der Waals surface area (Å²) >= 11 is 0. The van der Waals surface area contributed by atoms with E-state index in [0.29, 0.717) is 21.9 Å². The first-order valence-electron chi connectivity index (χ1n) is 6.74. The van der Waals surface area contributed by atoms with Gasteiger partial charge in [0.15, 0.2) is 5.75 Å². The van der Waals surface area contributed by atoms with E-state index in [1.54, 1.807) is 36.4 Å². The van der Waals surface area contributed by atoms with Crippen LogP contribution in [-0.4, -0.2) is 21.0 Å². The molecular weight excluding hydrogens is 345 g/mol. The third-order valence-corrected chi connectivity index (χ3v) is 4.48. The standard InChI is InChI=1S/C16H11F3O4S/c1-22-13-8-4-7-12-14(23-24(20,21)16(17,18)19)9-10-5-2-3-6-11(10)15(12)13/h2-9H,1H3. The van der Waals surface area contributed by atoms with Crippen LogP contribution in [0.4, 0.5) is 13.2 Å². The summed E-state index contributed by atoms with van der Waals surface area (Å²) in [5.74, 6) is -0.00141. The van der Waals surface area contributed by atoms with Crippen LogP contribution in [0.15, 0.2) is 48.5 Å². The van der Waals surface area contributed by atoms with E-state index >= 15 is 0 Å². The summed E-state index contributed by atoms with van der Waals surface area (Å²) in [7, 11) is -4.35. The topological polar surface area (TPSA) is 52.6 Å². The predicted octanol–water partition coefficient (Wildman–Crippen LogP) is 4.23. The van der Waals surface area contributed by atoms with Crippen LogP contribution in [-0.2, 0) is 10.1 Å². The number of methoxy groups -OCH3 is 1. The zero-order valence-corrected chi connectivity index (χ0v) is 13.1. The number of hydrogen-bond donors (Lipinski definition) is 0. The van der Waals surface area contributed by atoms with Crippen LogP contribution in [0.25, 0.3) is 21.5 Å². The molecule has 3 aromatic rings.